The average molecular weight is 655 g/mol. The third-order valence-corrected chi connectivity index (χ3v) is 10.6. The summed E-state index contributed by atoms with van der Waals surface area (Å²) in [6, 6.07) is 4.25. The molecule has 0 spiro atoms. The largest absolute Gasteiger partial charge is 0.490 e. The first kappa shape index (κ1) is 34.3. The number of sulfonamides is 2. The van der Waals surface area contributed by atoms with E-state index < -0.39 is 32.2 Å². The Bertz CT molecular complexity index is 1420. The van der Waals surface area contributed by atoms with Gasteiger partial charge in [0.1, 0.15) is 4.90 Å². The van der Waals surface area contributed by atoms with E-state index in [-0.39, 0.29) is 16.3 Å². The van der Waals surface area contributed by atoms with Crippen molar-refractivity contribution in [3.63, 3.8) is 0 Å². The number of carbonyl (C=O) groups is 1. The number of nitrogens with one attached hydrogen (secondary N) is 1. The van der Waals surface area contributed by atoms with Crippen LogP contribution in [0.5, 0.6) is 0 Å². The number of nitrogens with zero attached hydrogens (tertiary/aromatic N) is 2. The molecule has 1 saturated carbocycles. The SMILES string of the molecule is Cc1cscc1CNS(=O)(=O)c1ccc(N2CCCN(CC3CCCCC3)CC2)c(S(N)(=O)=O)c1.O=C(O)C(F)(F)F. The fourth-order valence-electron chi connectivity index (χ4n) is 5.10. The van der Waals surface area contributed by atoms with Crippen LogP contribution in [0.4, 0.5) is 18.9 Å². The van der Waals surface area contributed by atoms with Crippen LogP contribution in [0.25, 0.3) is 0 Å². The monoisotopic (exact) mass is 654 g/mol. The van der Waals surface area contributed by atoms with Crippen molar-refractivity contribution in [1.29, 1.82) is 0 Å². The first-order chi connectivity index (χ1) is 19.6. The lowest BCUT2D eigenvalue weighted by Gasteiger charge is -2.29. The van der Waals surface area contributed by atoms with Crippen molar-refractivity contribution in [3.05, 3.63) is 40.1 Å². The molecule has 2 aliphatic rings. The fourth-order valence-corrected chi connectivity index (χ4v) is 7.85. The third-order valence-electron chi connectivity index (χ3n) is 7.38. The van der Waals surface area contributed by atoms with E-state index in [0.717, 1.165) is 43.1 Å². The zero-order chi connectivity index (χ0) is 31.1. The second-order valence-electron chi connectivity index (χ2n) is 10.5. The summed E-state index contributed by atoms with van der Waals surface area (Å²) in [5, 5.41) is 16.5. The molecule has 0 bridgehead atoms. The van der Waals surface area contributed by atoms with Gasteiger partial charge < -0.3 is 14.9 Å². The molecular weight excluding hydrogens is 618 g/mol. The van der Waals surface area contributed by atoms with Gasteiger partial charge in [0.05, 0.1) is 10.6 Å². The smallest absolute Gasteiger partial charge is 0.475 e. The maximum Gasteiger partial charge on any atom is 0.490 e. The fraction of sp³-hybridized carbons (Fsp3) is 0.577. The van der Waals surface area contributed by atoms with Crippen molar-refractivity contribution in [2.24, 2.45) is 11.1 Å². The summed E-state index contributed by atoms with van der Waals surface area (Å²) in [7, 11) is -8.03. The number of thiophene rings is 1. The van der Waals surface area contributed by atoms with Gasteiger partial charge in [-0.25, -0.2) is 31.5 Å². The standard InChI is InChI=1S/C24H36N4O4S3.C2HF3O2/c1-19-17-33-18-21(19)15-26-35(31,32)22-8-9-23(24(14-22)34(25,29)30)28-11-5-10-27(12-13-28)16-20-6-3-2-4-7-20;3-2(4,5)1(6)7/h8-9,14,17-18,20,26H,2-7,10-13,15-16H2,1H3,(H2,25,29,30);(H,6,7). The number of aliphatic carboxylic acids is 1. The third kappa shape index (κ3) is 9.91. The molecule has 16 heteroatoms. The second kappa shape index (κ2) is 14.5. The molecule has 1 aromatic carbocycles. The van der Waals surface area contributed by atoms with Crippen molar-refractivity contribution >= 4 is 43.0 Å². The molecule has 1 aliphatic heterocycles. The van der Waals surface area contributed by atoms with Crippen LogP contribution in [-0.2, 0) is 31.4 Å². The van der Waals surface area contributed by atoms with E-state index in [9.17, 15) is 30.0 Å². The number of benzene rings is 1. The first-order valence-electron chi connectivity index (χ1n) is 13.5. The number of nitrogens with two attached hydrogens (primary N) is 1. The van der Waals surface area contributed by atoms with Crippen molar-refractivity contribution < 1.29 is 39.9 Å². The van der Waals surface area contributed by atoms with Crippen LogP contribution >= 0.6 is 11.3 Å². The molecule has 0 amide bonds. The Morgan fingerprint density at radius 1 is 1.05 bits per heavy atom. The van der Waals surface area contributed by atoms with Crippen LogP contribution in [0.2, 0.25) is 0 Å². The highest BCUT2D eigenvalue weighted by Gasteiger charge is 2.38. The van der Waals surface area contributed by atoms with Gasteiger partial charge in [0, 0.05) is 32.7 Å². The molecule has 1 aliphatic carbocycles. The number of halogens is 3. The minimum Gasteiger partial charge on any atom is -0.475 e. The summed E-state index contributed by atoms with van der Waals surface area (Å²) in [4.78, 5) is 13.2. The van der Waals surface area contributed by atoms with Crippen LogP contribution in [0, 0.1) is 12.8 Å². The minimum absolute atomic E-state index is 0.105. The summed E-state index contributed by atoms with van der Waals surface area (Å²) in [6.07, 6.45) is 2.41. The molecule has 2 aromatic rings. The summed E-state index contributed by atoms with van der Waals surface area (Å²) in [5.41, 5.74) is 2.38. The second-order valence-corrected chi connectivity index (χ2v) is 14.6. The van der Waals surface area contributed by atoms with E-state index in [1.807, 2.05) is 22.6 Å². The van der Waals surface area contributed by atoms with E-state index in [2.05, 4.69) is 9.62 Å². The number of hydrogen-bond donors (Lipinski definition) is 3. The van der Waals surface area contributed by atoms with Gasteiger partial charge in [0.15, 0.2) is 0 Å². The first-order valence-corrected chi connectivity index (χ1v) is 17.5. The van der Waals surface area contributed by atoms with Gasteiger partial charge >= 0.3 is 12.1 Å². The van der Waals surface area contributed by atoms with Crippen molar-refractivity contribution in [1.82, 2.24) is 9.62 Å². The lowest BCUT2D eigenvalue weighted by molar-refractivity contribution is -0.192. The molecule has 4 rings (SSSR count). The Hall–Kier alpha value is -2.24. The number of rotatable bonds is 8. The maximum atomic E-state index is 12.9. The molecule has 42 heavy (non-hydrogen) atoms. The normalized spacial score (nSPS) is 17.8. The van der Waals surface area contributed by atoms with Gasteiger partial charge in [0.2, 0.25) is 20.0 Å². The molecule has 0 unspecified atom stereocenters. The van der Waals surface area contributed by atoms with E-state index in [4.69, 9.17) is 15.0 Å². The van der Waals surface area contributed by atoms with Gasteiger partial charge in [-0.1, -0.05) is 19.3 Å². The molecular formula is C26H37F3N4O6S3. The number of primary sulfonamides is 1. The molecule has 2 heterocycles. The van der Waals surface area contributed by atoms with Crippen LogP contribution in [0.15, 0.2) is 38.8 Å². The molecule has 2 fully saturated rings. The Balaban J connectivity index is 0.000000616. The average Bonchev–Trinajstić information content (AvgIpc) is 3.19. The topological polar surface area (TPSA) is 150 Å². The van der Waals surface area contributed by atoms with Gasteiger partial charge in [-0.05, 0) is 78.7 Å². The molecule has 4 N–H and O–H groups in total. The molecule has 0 radical (unpaired) electrons. The van der Waals surface area contributed by atoms with Crippen molar-refractivity contribution in [2.75, 3.05) is 37.6 Å². The Morgan fingerprint density at radius 2 is 1.71 bits per heavy atom. The Morgan fingerprint density at radius 3 is 2.29 bits per heavy atom. The zero-order valence-electron chi connectivity index (χ0n) is 23.3. The summed E-state index contributed by atoms with van der Waals surface area (Å²) in [5.74, 6) is -2.00. The van der Waals surface area contributed by atoms with Gasteiger partial charge in [-0.15, -0.1) is 0 Å². The quantitative estimate of drug-likeness (QED) is 0.388. The molecule has 236 valence electrons. The molecule has 1 aromatic heterocycles. The predicted octanol–water partition coefficient (Wildman–Crippen LogP) is 3.91. The lowest BCUT2D eigenvalue weighted by atomic mass is 9.89. The maximum absolute atomic E-state index is 12.9. The number of carboxylic acids is 1. The highest BCUT2D eigenvalue weighted by Crippen LogP contribution is 2.30. The van der Waals surface area contributed by atoms with E-state index in [1.165, 1.54) is 55.6 Å². The van der Waals surface area contributed by atoms with Gasteiger partial charge in [0.25, 0.3) is 0 Å². The number of carboxylic acid groups (broad SMARTS) is 1. The van der Waals surface area contributed by atoms with Crippen LogP contribution in [0.1, 0.15) is 49.7 Å². The van der Waals surface area contributed by atoms with Gasteiger partial charge in [-0.2, -0.15) is 24.5 Å². The Kier molecular flexibility index (Phi) is 11.8. The van der Waals surface area contributed by atoms with E-state index >= 15 is 0 Å². The predicted molar refractivity (Wildman–Crippen MR) is 154 cm³/mol. The summed E-state index contributed by atoms with van der Waals surface area (Å²) >= 11 is 1.51. The number of anilines is 1. The lowest BCUT2D eigenvalue weighted by Crippen LogP contribution is -2.35. The highest BCUT2D eigenvalue weighted by molar-refractivity contribution is 7.90. The van der Waals surface area contributed by atoms with Crippen molar-refractivity contribution in [3.8, 4) is 0 Å². The number of aryl methyl sites for hydroxylation is 1. The number of alkyl halides is 3. The van der Waals surface area contributed by atoms with Crippen LogP contribution in [0.3, 0.4) is 0 Å². The Labute approximate surface area is 248 Å². The zero-order valence-corrected chi connectivity index (χ0v) is 25.7. The van der Waals surface area contributed by atoms with Crippen molar-refractivity contribution in [2.45, 2.75) is 68.0 Å². The minimum atomic E-state index is -5.08. The highest BCUT2D eigenvalue weighted by atomic mass is 32.2. The molecule has 1 saturated heterocycles. The summed E-state index contributed by atoms with van der Waals surface area (Å²) < 4.78 is 85.2. The molecule has 10 nitrogen and oxygen atoms in total. The number of hydrogen-bond acceptors (Lipinski definition) is 8. The van der Waals surface area contributed by atoms with Gasteiger partial charge in [-0.3, -0.25) is 0 Å². The summed E-state index contributed by atoms with van der Waals surface area (Å²) in [6.45, 7) is 6.38. The van der Waals surface area contributed by atoms with E-state index in [0.29, 0.717) is 18.8 Å². The van der Waals surface area contributed by atoms with E-state index in [1.54, 1.807) is 6.07 Å². The van der Waals surface area contributed by atoms with Crippen LogP contribution < -0.4 is 14.8 Å². The molecule has 0 atom stereocenters. The van der Waals surface area contributed by atoms with Crippen LogP contribution in [-0.4, -0.2) is 71.7 Å².